The molecule has 2 rings (SSSR count). The molecule has 21 heavy (non-hydrogen) atoms. The second-order valence-corrected chi connectivity index (χ2v) is 4.64. The summed E-state index contributed by atoms with van der Waals surface area (Å²) < 4.78 is 5.20. The summed E-state index contributed by atoms with van der Waals surface area (Å²) >= 11 is 0. The van der Waals surface area contributed by atoms with Crippen molar-refractivity contribution in [3.8, 4) is 11.8 Å². The number of carbonyl (C=O) groups excluding carboxylic acids is 1. The number of amides is 1. The third kappa shape index (κ3) is 4.51. The second kappa shape index (κ2) is 7.32. The summed E-state index contributed by atoms with van der Waals surface area (Å²) in [6.45, 7) is 1.74. The Morgan fingerprint density at radius 3 is 2.95 bits per heavy atom. The van der Waals surface area contributed by atoms with Crippen LogP contribution in [-0.2, 0) is 11.2 Å². The molecule has 0 saturated heterocycles. The van der Waals surface area contributed by atoms with Crippen molar-refractivity contribution in [3.05, 3.63) is 53.5 Å². The van der Waals surface area contributed by atoms with Crippen molar-refractivity contribution in [2.75, 3.05) is 11.9 Å². The summed E-state index contributed by atoms with van der Waals surface area (Å²) in [5.41, 5.74) is 2.41. The first-order valence-electron chi connectivity index (χ1n) is 6.71. The van der Waals surface area contributed by atoms with Crippen molar-refractivity contribution in [2.24, 2.45) is 0 Å². The zero-order valence-corrected chi connectivity index (χ0v) is 11.8. The zero-order valence-electron chi connectivity index (χ0n) is 11.8. The number of nitrogens with one attached hydrogen (secondary N) is 1. The molecule has 2 aromatic rings. The number of aliphatic hydroxyl groups is 1. The smallest absolute Gasteiger partial charge is 0.224 e. The van der Waals surface area contributed by atoms with Gasteiger partial charge in [-0.15, -0.1) is 0 Å². The highest BCUT2D eigenvalue weighted by molar-refractivity contribution is 5.92. The molecule has 108 valence electrons. The number of aliphatic hydroxyl groups excluding tert-OH is 1. The molecule has 4 nitrogen and oxygen atoms in total. The molecule has 1 amide bonds. The van der Waals surface area contributed by atoms with E-state index in [9.17, 15) is 4.79 Å². The van der Waals surface area contributed by atoms with Gasteiger partial charge in [0.05, 0.1) is 12.0 Å². The SMILES string of the molecule is Cc1ccc(NC(=O)CCc2ccco2)c(C#CCO)c1. The Morgan fingerprint density at radius 1 is 1.38 bits per heavy atom. The number of carbonyl (C=O) groups is 1. The molecule has 0 bridgehead atoms. The van der Waals surface area contributed by atoms with Crippen LogP contribution < -0.4 is 5.32 Å². The van der Waals surface area contributed by atoms with Crippen LogP contribution in [0.5, 0.6) is 0 Å². The van der Waals surface area contributed by atoms with E-state index >= 15 is 0 Å². The summed E-state index contributed by atoms with van der Waals surface area (Å²) in [4.78, 5) is 12.0. The maximum absolute atomic E-state index is 12.0. The lowest BCUT2D eigenvalue weighted by molar-refractivity contribution is -0.116. The normalized spacial score (nSPS) is 9.81. The molecule has 0 spiro atoms. The van der Waals surface area contributed by atoms with E-state index in [1.165, 1.54) is 0 Å². The number of hydrogen-bond acceptors (Lipinski definition) is 3. The minimum atomic E-state index is -0.209. The number of benzene rings is 1. The molecule has 0 fully saturated rings. The Kier molecular flexibility index (Phi) is 5.19. The van der Waals surface area contributed by atoms with Crippen LogP contribution in [0.3, 0.4) is 0 Å². The summed E-state index contributed by atoms with van der Waals surface area (Å²) in [6.07, 6.45) is 2.49. The highest BCUT2D eigenvalue weighted by atomic mass is 16.3. The molecule has 1 aromatic heterocycles. The van der Waals surface area contributed by atoms with Crippen molar-refractivity contribution in [2.45, 2.75) is 19.8 Å². The Labute approximate surface area is 123 Å². The first-order chi connectivity index (χ1) is 10.2. The van der Waals surface area contributed by atoms with Gasteiger partial charge in [0.1, 0.15) is 12.4 Å². The maximum atomic E-state index is 12.0. The molecule has 0 aliphatic heterocycles. The molecule has 4 heteroatoms. The minimum absolute atomic E-state index is 0.0951. The van der Waals surface area contributed by atoms with Crippen LogP contribution in [0, 0.1) is 18.8 Å². The van der Waals surface area contributed by atoms with Gasteiger partial charge in [0.2, 0.25) is 5.91 Å². The molecule has 0 saturated carbocycles. The Balaban J connectivity index is 2.02. The van der Waals surface area contributed by atoms with Gasteiger partial charge in [0, 0.05) is 18.4 Å². The Hall–Kier alpha value is -2.51. The lowest BCUT2D eigenvalue weighted by Gasteiger charge is -2.08. The number of anilines is 1. The van der Waals surface area contributed by atoms with E-state index in [1.807, 2.05) is 31.2 Å². The van der Waals surface area contributed by atoms with E-state index in [0.29, 0.717) is 24.1 Å². The van der Waals surface area contributed by atoms with Crippen molar-refractivity contribution in [1.29, 1.82) is 0 Å². The number of hydrogen-bond donors (Lipinski definition) is 2. The third-order valence-corrected chi connectivity index (χ3v) is 2.93. The van der Waals surface area contributed by atoms with Crippen molar-refractivity contribution >= 4 is 11.6 Å². The minimum Gasteiger partial charge on any atom is -0.469 e. The van der Waals surface area contributed by atoms with Crippen LogP contribution in [0.15, 0.2) is 41.0 Å². The number of furan rings is 1. The van der Waals surface area contributed by atoms with Gasteiger partial charge in [-0.2, -0.15) is 0 Å². The maximum Gasteiger partial charge on any atom is 0.224 e. The van der Waals surface area contributed by atoms with Gasteiger partial charge in [-0.25, -0.2) is 0 Å². The van der Waals surface area contributed by atoms with E-state index in [2.05, 4.69) is 17.2 Å². The fourth-order valence-corrected chi connectivity index (χ4v) is 1.91. The molecule has 2 N–H and O–H groups in total. The van der Waals surface area contributed by atoms with Crippen LogP contribution in [0.2, 0.25) is 0 Å². The van der Waals surface area contributed by atoms with E-state index < -0.39 is 0 Å². The van der Waals surface area contributed by atoms with Crippen LogP contribution >= 0.6 is 0 Å². The predicted octanol–water partition coefficient (Wildman–Crippen LogP) is 2.50. The monoisotopic (exact) mass is 283 g/mol. The van der Waals surface area contributed by atoms with Gasteiger partial charge in [-0.3, -0.25) is 4.79 Å². The molecule has 1 heterocycles. The summed E-state index contributed by atoms with van der Waals surface area (Å²) in [7, 11) is 0. The third-order valence-electron chi connectivity index (χ3n) is 2.93. The molecule has 0 atom stereocenters. The molecule has 0 aliphatic rings. The fourth-order valence-electron chi connectivity index (χ4n) is 1.91. The molecule has 0 radical (unpaired) electrons. The standard InChI is InChI=1S/C17H17NO3/c1-13-6-8-16(14(12-13)4-2-10-19)18-17(20)9-7-15-5-3-11-21-15/h3,5-6,8,11-12,19H,7,9-10H2,1H3,(H,18,20). The fraction of sp³-hybridized carbons (Fsp3) is 0.235. The van der Waals surface area contributed by atoms with Crippen molar-refractivity contribution in [3.63, 3.8) is 0 Å². The Bertz CT molecular complexity index is 663. The summed E-state index contributed by atoms with van der Waals surface area (Å²) in [6, 6.07) is 9.26. The topological polar surface area (TPSA) is 62.5 Å². The molecular weight excluding hydrogens is 266 g/mol. The van der Waals surface area contributed by atoms with Crippen LogP contribution in [0.1, 0.15) is 23.3 Å². The van der Waals surface area contributed by atoms with Crippen LogP contribution in [0.25, 0.3) is 0 Å². The van der Waals surface area contributed by atoms with Crippen LogP contribution in [-0.4, -0.2) is 17.6 Å². The second-order valence-electron chi connectivity index (χ2n) is 4.64. The van der Waals surface area contributed by atoms with E-state index in [-0.39, 0.29) is 12.5 Å². The lowest BCUT2D eigenvalue weighted by atomic mass is 10.1. The molecule has 1 aromatic carbocycles. The first kappa shape index (κ1) is 14.9. The summed E-state index contributed by atoms with van der Waals surface area (Å²) in [5, 5.41) is 11.6. The number of rotatable bonds is 4. The van der Waals surface area contributed by atoms with Gasteiger partial charge in [0.15, 0.2) is 0 Å². The quantitative estimate of drug-likeness (QED) is 0.847. The average molecular weight is 283 g/mol. The van der Waals surface area contributed by atoms with E-state index in [4.69, 9.17) is 9.52 Å². The predicted molar refractivity (Wildman–Crippen MR) is 80.8 cm³/mol. The largest absolute Gasteiger partial charge is 0.469 e. The van der Waals surface area contributed by atoms with Gasteiger partial charge in [0.25, 0.3) is 0 Å². The first-order valence-corrected chi connectivity index (χ1v) is 6.71. The van der Waals surface area contributed by atoms with Gasteiger partial charge in [-0.1, -0.05) is 17.9 Å². The van der Waals surface area contributed by atoms with Crippen molar-refractivity contribution < 1.29 is 14.3 Å². The summed E-state index contributed by atoms with van der Waals surface area (Å²) in [5.74, 6) is 6.14. The van der Waals surface area contributed by atoms with Crippen LogP contribution in [0.4, 0.5) is 5.69 Å². The van der Waals surface area contributed by atoms with Gasteiger partial charge >= 0.3 is 0 Å². The van der Waals surface area contributed by atoms with E-state index in [0.717, 1.165) is 11.3 Å². The van der Waals surface area contributed by atoms with Crippen molar-refractivity contribution in [1.82, 2.24) is 0 Å². The molecule has 0 aliphatic carbocycles. The Morgan fingerprint density at radius 2 is 2.24 bits per heavy atom. The highest BCUT2D eigenvalue weighted by Gasteiger charge is 2.07. The number of aryl methyl sites for hydroxylation is 2. The zero-order chi connectivity index (χ0) is 15.1. The van der Waals surface area contributed by atoms with Gasteiger partial charge < -0.3 is 14.8 Å². The van der Waals surface area contributed by atoms with E-state index in [1.54, 1.807) is 12.3 Å². The molecule has 0 unspecified atom stereocenters. The molecular formula is C17H17NO3. The van der Waals surface area contributed by atoms with Gasteiger partial charge in [-0.05, 0) is 36.8 Å². The highest BCUT2D eigenvalue weighted by Crippen LogP contribution is 2.17. The average Bonchev–Trinajstić information content (AvgIpc) is 2.98. The lowest BCUT2D eigenvalue weighted by Crippen LogP contribution is -2.13.